The number of para-hydroxylation sites is 1. The zero-order valence-electron chi connectivity index (χ0n) is 14.9. The lowest BCUT2D eigenvalue weighted by molar-refractivity contribution is -0.383. The molecule has 0 heterocycles. The zero-order valence-corrected chi connectivity index (χ0v) is 15.8. The Morgan fingerprint density at radius 3 is 2.52 bits per heavy atom. The van der Waals surface area contributed by atoms with Gasteiger partial charge >= 0.3 is 0 Å². The van der Waals surface area contributed by atoms with Gasteiger partial charge in [-0.3, -0.25) is 14.9 Å². The topological polar surface area (TPSA) is 106 Å². The number of nitro groups is 1. The molecule has 0 fully saturated rings. The molecule has 27 heavy (non-hydrogen) atoms. The number of carbonyl (C=O) groups excluding carboxylic acids is 1. The Kier molecular flexibility index (Phi) is 9.81. The third-order valence-corrected chi connectivity index (χ3v) is 3.58. The highest BCUT2D eigenvalue weighted by atomic mass is 35.5. The maximum atomic E-state index is 12.2. The number of rotatable bonds is 10. The molecule has 0 aliphatic carbocycles. The van der Waals surface area contributed by atoms with Crippen LogP contribution in [0.5, 0.6) is 0 Å². The van der Waals surface area contributed by atoms with Crippen molar-refractivity contribution in [2.45, 2.75) is 0 Å². The van der Waals surface area contributed by atoms with Crippen LogP contribution in [0.1, 0.15) is 10.4 Å². The lowest BCUT2D eigenvalue weighted by Gasteiger charge is -2.10. The zero-order chi connectivity index (χ0) is 18.8. The predicted octanol–water partition coefficient (Wildman–Crippen LogP) is 2.73. The Balaban J connectivity index is 0.00000364. The molecule has 2 aromatic carbocycles. The maximum Gasteiger partial charge on any atom is 0.293 e. The molecule has 3 N–H and O–H groups in total. The van der Waals surface area contributed by atoms with Crippen LogP contribution in [0.15, 0.2) is 48.5 Å². The Morgan fingerprint density at radius 1 is 1.11 bits per heavy atom. The van der Waals surface area contributed by atoms with Crippen molar-refractivity contribution in [1.82, 2.24) is 10.6 Å². The molecule has 2 aromatic rings. The summed E-state index contributed by atoms with van der Waals surface area (Å²) in [6.45, 7) is 2.29. The summed E-state index contributed by atoms with van der Waals surface area (Å²) in [5.74, 6) is -0.354. The number of nitrogens with zero attached hydrogens (tertiary/aromatic N) is 1. The molecule has 0 bridgehead atoms. The molecule has 0 spiro atoms. The van der Waals surface area contributed by atoms with Crippen LogP contribution >= 0.6 is 12.4 Å². The second-order valence-electron chi connectivity index (χ2n) is 5.48. The minimum Gasteiger partial charge on any atom is -0.383 e. The lowest BCUT2D eigenvalue weighted by atomic mass is 10.1. The molecule has 0 atom stereocenters. The molecular formula is C18H23ClN4O4. The first-order valence-electron chi connectivity index (χ1n) is 8.20. The molecule has 0 unspecified atom stereocenters. The van der Waals surface area contributed by atoms with E-state index in [1.165, 1.54) is 12.1 Å². The smallest absolute Gasteiger partial charge is 0.293 e. The number of amides is 1. The molecular weight excluding hydrogens is 372 g/mol. The first kappa shape index (κ1) is 22.4. The van der Waals surface area contributed by atoms with Crippen molar-refractivity contribution in [1.29, 1.82) is 0 Å². The average molecular weight is 395 g/mol. The normalized spacial score (nSPS) is 9.96. The van der Waals surface area contributed by atoms with E-state index < -0.39 is 4.92 Å². The van der Waals surface area contributed by atoms with Gasteiger partial charge in [0.05, 0.1) is 11.5 Å². The summed E-state index contributed by atoms with van der Waals surface area (Å²) in [7, 11) is 1.62. The van der Waals surface area contributed by atoms with Gasteiger partial charge in [-0.05, 0) is 24.3 Å². The van der Waals surface area contributed by atoms with Crippen molar-refractivity contribution < 1.29 is 14.5 Å². The highest BCUT2D eigenvalue weighted by Crippen LogP contribution is 2.28. The van der Waals surface area contributed by atoms with Crippen LogP contribution < -0.4 is 16.0 Å². The number of anilines is 2. The van der Waals surface area contributed by atoms with E-state index in [0.29, 0.717) is 31.9 Å². The van der Waals surface area contributed by atoms with E-state index in [2.05, 4.69) is 16.0 Å². The molecule has 146 valence electrons. The number of hydrogen-bond acceptors (Lipinski definition) is 6. The fourth-order valence-corrected chi connectivity index (χ4v) is 2.27. The summed E-state index contributed by atoms with van der Waals surface area (Å²) in [6, 6.07) is 13.5. The van der Waals surface area contributed by atoms with E-state index in [1.807, 2.05) is 18.2 Å². The first-order valence-corrected chi connectivity index (χ1v) is 8.20. The molecule has 0 aliphatic heterocycles. The molecule has 0 radical (unpaired) electrons. The van der Waals surface area contributed by atoms with E-state index in [9.17, 15) is 14.9 Å². The number of ether oxygens (including phenoxy) is 1. The van der Waals surface area contributed by atoms with Crippen LogP contribution in [0, 0.1) is 10.1 Å². The van der Waals surface area contributed by atoms with Crippen LogP contribution in [0.4, 0.5) is 17.1 Å². The summed E-state index contributed by atoms with van der Waals surface area (Å²) < 4.78 is 4.91. The maximum absolute atomic E-state index is 12.2. The average Bonchev–Trinajstić information content (AvgIpc) is 2.65. The van der Waals surface area contributed by atoms with Gasteiger partial charge in [-0.25, -0.2) is 0 Å². The highest BCUT2D eigenvalue weighted by molar-refractivity contribution is 5.95. The lowest BCUT2D eigenvalue weighted by Crippen LogP contribution is -2.33. The molecule has 0 saturated carbocycles. The third-order valence-electron chi connectivity index (χ3n) is 3.58. The number of methoxy groups -OCH3 is 1. The largest absolute Gasteiger partial charge is 0.383 e. The van der Waals surface area contributed by atoms with Crippen LogP contribution in [-0.4, -0.2) is 44.2 Å². The van der Waals surface area contributed by atoms with Crippen LogP contribution in [0.25, 0.3) is 0 Å². The number of nitrogens with one attached hydrogen (secondary N) is 3. The predicted molar refractivity (Wildman–Crippen MR) is 107 cm³/mol. The summed E-state index contributed by atoms with van der Waals surface area (Å²) in [4.78, 5) is 23.0. The van der Waals surface area contributed by atoms with Gasteiger partial charge in [-0.1, -0.05) is 18.2 Å². The van der Waals surface area contributed by atoms with Crippen LogP contribution in [-0.2, 0) is 4.74 Å². The number of nitro benzene ring substituents is 1. The molecule has 1 amide bonds. The van der Waals surface area contributed by atoms with Crippen molar-refractivity contribution in [3.05, 3.63) is 64.2 Å². The van der Waals surface area contributed by atoms with Gasteiger partial charge in [0.15, 0.2) is 0 Å². The molecule has 0 aliphatic rings. The van der Waals surface area contributed by atoms with E-state index in [1.54, 1.807) is 25.3 Å². The minimum atomic E-state index is -0.506. The van der Waals surface area contributed by atoms with Gasteiger partial charge in [0, 0.05) is 44.1 Å². The molecule has 0 saturated heterocycles. The van der Waals surface area contributed by atoms with E-state index in [0.717, 1.165) is 5.69 Å². The quantitative estimate of drug-likeness (QED) is 0.325. The summed E-state index contributed by atoms with van der Waals surface area (Å²) in [5, 5.41) is 20.2. The van der Waals surface area contributed by atoms with Crippen molar-refractivity contribution >= 4 is 35.4 Å². The monoisotopic (exact) mass is 394 g/mol. The molecule has 0 aromatic heterocycles. The Hall–Kier alpha value is -2.68. The molecule has 8 nitrogen and oxygen atoms in total. The number of halogens is 1. The second kappa shape index (κ2) is 11.8. The Bertz CT molecular complexity index is 743. The number of hydrogen-bond donors (Lipinski definition) is 3. The fraction of sp³-hybridized carbons (Fsp3) is 0.278. The van der Waals surface area contributed by atoms with Crippen molar-refractivity contribution in [3.8, 4) is 0 Å². The summed E-state index contributed by atoms with van der Waals surface area (Å²) in [6.07, 6.45) is 0. The van der Waals surface area contributed by atoms with E-state index in [4.69, 9.17) is 4.74 Å². The van der Waals surface area contributed by atoms with Gasteiger partial charge in [0.2, 0.25) is 0 Å². The van der Waals surface area contributed by atoms with Crippen LogP contribution in [0.3, 0.4) is 0 Å². The first-order chi connectivity index (χ1) is 12.6. The fourth-order valence-electron chi connectivity index (χ4n) is 2.27. The van der Waals surface area contributed by atoms with Gasteiger partial charge in [0.1, 0.15) is 5.69 Å². The number of benzene rings is 2. The number of carbonyl (C=O) groups is 1. The Labute approximate surface area is 163 Å². The van der Waals surface area contributed by atoms with Gasteiger partial charge in [-0.15, -0.1) is 12.4 Å². The van der Waals surface area contributed by atoms with Gasteiger partial charge < -0.3 is 20.7 Å². The minimum absolute atomic E-state index is 0. The van der Waals surface area contributed by atoms with Crippen LogP contribution in [0.2, 0.25) is 0 Å². The van der Waals surface area contributed by atoms with Gasteiger partial charge in [-0.2, -0.15) is 0 Å². The van der Waals surface area contributed by atoms with Crippen molar-refractivity contribution in [3.63, 3.8) is 0 Å². The van der Waals surface area contributed by atoms with Gasteiger partial charge in [0.25, 0.3) is 11.6 Å². The van der Waals surface area contributed by atoms with Crippen molar-refractivity contribution in [2.24, 2.45) is 0 Å². The molecule has 2 rings (SSSR count). The second-order valence-corrected chi connectivity index (χ2v) is 5.48. The van der Waals surface area contributed by atoms with E-state index in [-0.39, 0.29) is 29.6 Å². The summed E-state index contributed by atoms with van der Waals surface area (Å²) in [5.41, 5.74) is 1.15. The Morgan fingerprint density at radius 2 is 1.85 bits per heavy atom. The van der Waals surface area contributed by atoms with E-state index >= 15 is 0 Å². The highest BCUT2D eigenvalue weighted by Gasteiger charge is 2.17. The SMILES string of the molecule is COCCNCCNC(=O)c1ccc(Nc2ccccc2)c([N+](=O)[O-])c1.Cl. The summed E-state index contributed by atoms with van der Waals surface area (Å²) >= 11 is 0. The third kappa shape index (κ3) is 7.22. The molecule has 9 heteroatoms. The standard InChI is InChI=1S/C18H22N4O4.ClH/c1-26-12-11-19-9-10-20-18(23)14-7-8-16(17(13-14)22(24)25)21-15-5-3-2-4-6-15;/h2-8,13,19,21H,9-12H2,1H3,(H,20,23);1H. The van der Waals surface area contributed by atoms with Crippen molar-refractivity contribution in [2.75, 3.05) is 38.7 Å².